The maximum atomic E-state index is 6.39. The van der Waals surface area contributed by atoms with Crippen molar-refractivity contribution in [1.29, 1.82) is 0 Å². The van der Waals surface area contributed by atoms with Crippen LogP contribution in [-0.2, 0) is 0 Å². The summed E-state index contributed by atoms with van der Waals surface area (Å²) in [7, 11) is 0. The van der Waals surface area contributed by atoms with Gasteiger partial charge in [-0.2, -0.15) is 0 Å². The van der Waals surface area contributed by atoms with Gasteiger partial charge in [0.1, 0.15) is 17.6 Å². The zero-order valence-corrected chi connectivity index (χ0v) is 19.0. The van der Waals surface area contributed by atoms with E-state index in [1.807, 2.05) is 30.5 Å². The number of nitrogens with one attached hydrogen (secondary N) is 1. The van der Waals surface area contributed by atoms with E-state index in [1.165, 1.54) is 5.56 Å². The molecule has 0 aliphatic carbocycles. The summed E-state index contributed by atoms with van der Waals surface area (Å²) in [6.45, 7) is 5.16. The first-order valence-corrected chi connectivity index (χ1v) is 11.1. The van der Waals surface area contributed by atoms with Gasteiger partial charge in [-0.15, -0.1) is 0 Å². The number of furan rings is 1. The molecule has 1 aliphatic rings. The summed E-state index contributed by atoms with van der Waals surface area (Å²) < 4.78 is 7.42. The molecule has 2 atom stereocenters. The van der Waals surface area contributed by atoms with Crippen LogP contribution in [-0.4, -0.2) is 21.5 Å². The third-order valence-electron chi connectivity index (χ3n) is 5.26. The second kappa shape index (κ2) is 8.67. The Morgan fingerprint density at radius 1 is 1.21 bits per heavy atom. The molecule has 0 amide bonds. The Hall–Kier alpha value is -2.18. The van der Waals surface area contributed by atoms with Crippen LogP contribution < -0.4 is 5.32 Å². The predicted octanol–water partition coefficient (Wildman–Crippen LogP) is 6.19. The van der Waals surface area contributed by atoms with Crippen LogP contribution in [0.25, 0.3) is 11.3 Å². The molecular weight excluding hydrogens is 446 g/mol. The Kier molecular flexibility index (Phi) is 6.01. The Bertz CT molecular complexity index is 1000. The molecule has 3 aromatic rings. The van der Waals surface area contributed by atoms with Crippen molar-refractivity contribution < 1.29 is 4.42 Å². The van der Waals surface area contributed by atoms with Gasteiger partial charge in [-0.05, 0) is 67.5 Å². The quantitative estimate of drug-likeness (QED) is 0.436. The van der Waals surface area contributed by atoms with Gasteiger partial charge in [0.15, 0.2) is 5.11 Å². The number of halogens is 1. The number of unbranched alkanes of at least 4 members (excludes halogenated alkanes) is 1. The highest BCUT2D eigenvalue weighted by Gasteiger charge is 2.41. The highest BCUT2D eigenvalue weighted by molar-refractivity contribution is 9.10. The third kappa shape index (κ3) is 4.09. The van der Waals surface area contributed by atoms with Crippen molar-refractivity contribution in [3.05, 3.63) is 76.2 Å². The summed E-state index contributed by atoms with van der Waals surface area (Å²) in [5.41, 5.74) is 3.22. The predicted molar refractivity (Wildman–Crippen MR) is 124 cm³/mol. The van der Waals surface area contributed by atoms with E-state index in [1.54, 1.807) is 0 Å². The molecule has 0 saturated carbocycles. The van der Waals surface area contributed by atoms with Crippen molar-refractivity contribution in [3.63, 3.8) is 0 Å². The average Bonchev–Trinajstić information content (AvgIpc) is 3.31. The molecule has 0 bridgehead atoms. The second-order valence-electron chi connectivity index (χ2n) is 7.36. The molecule has 1 N–H and O–H groups in total. The molecule has 2 aromatic heterocycles. The number of rotatable bonds is 6. The van der Waals surface area contributed by atoms with Gasteiger partial charge < -0.3 is 14.6 Å². The van der Waals surface area contributed by atoms with Crippen LogP contribution in [0.2, 0.25) is 0 Å². The zero-order valence-electron chi connectivity index (χ0n) is 16.6. The van der Waals surface area contributed by atoms with E-state index in [9.17, 15) is 0 Å². The first-order valence-electron chi connectivity index (χ1n) is 9.93. The fourth-order valence-electron chi connectivity index (χ4n) is 3.76. The van der Waals surface area contributed by atoms with E-state index < -0.39 is 0 Å². The standard InChI is InChI=1S/C23H24BrN3OS/c1-3-4-13-27-22(21(26-23(27)29)18-7-5-6-12-25-18)20-11-10-19(28-20)16-9-8-15(2)14-17(16)24/h5-12,14,21-22H,3-4,13H2,1-2H3,(H,26,29). The van der Waals surface area contributed by atoms with Crippen molar-refractivity contribution in [2.24, 2.45) is 0 Å². The number of hydrogen-bond donors (Lipinski definition) is 1. The van der Waals surface area contributed by atoms with Gasteiger partial charge in [0, 0.05) is 22.8 Å². The summed E-state index contributed by atoms with van der Waals surface area (Å²) in [6, 6.07) is 16.3. The lowest BCUT2D eigenvalue weighted by Gasteiger charge is -2.25. The molecule has 2 unspecified atom stereocenters. The fraction of sp³-hybridized carbons (Fsp3) is 0.304. The summed E-state index contributed by atoms with van der Waals surface area (Å²) in [5, 5.41) is 4.23. The molecule has 1 aliphatic heterocycles. The van der Waals surface area contributed by atoms with E-state index in [0.717, 1.165) is 51.7 Å². The van der Waals surface area contributed by atoms with Crippen LogP contribution >= 0.6 is 28.1 Å². The zero-order chi connectivity index (χ0) is 20.4. The van der Waals surface area contributed by atoms with Gasteiger partial charge in [0.25, 0.3) is 0 Å². The largest absolute Gasteiger partial charge is 0.459 e. The van der Waals surface area contributed by atoms with Gasteiger partial charge in [0.2, 0.25) is 0 Å². The first-order chi connectivity index (χ1) is 14.1. The third-order valence-corrected chi connectivity index (χ3v) is 6.27. The van der Waals surface area contributed by atoms with Crippen LogP contribution in [0.5, 0.6) is 0 Å². The highest BCUT2D eigenvalue weighted by atomic mass is 79.9. The van der Waals surface area contributed by atoms with E-state index in [0.29, 0.717) is 0 Å². The molecular formula is C23H24BrN3OS. The fourth-order valence-corrected chi connectivity index (χ4v) is 4.78. The van der Waals surface area contributed by atoms with E-state index >= 15 is 0 Å². The van der Waals surface area contributed by atoms with E-state index in [2.05, 4.69) is 69.2 Å². The molecule has 1 fully saturated rings. The van der Waals surface area contributed by atoms with Crippen LogP contribution in [0.3, 0.4) is 0 Å². The van der Waals surface area contributed by atoms with Crippen LogP contribution in [0.4, 0.5) is 0 Å². The lowest BCUT2D eigenvalue weighted by molar-refractivity contribution is 0.271. The van der Waals surface area contributed by atoms with Gasteiger partial charge in [-0.25, -0.2) is 0 Å². The lowest BCUT2D eigenvalue weighted by atomic mass is 10.0. The normalized spacial score (nSPS) is 18.9. The van der Waals surface area contributed by atoms with Gasteiger partial charge in [0.05, 0.1) is 11.7 Å². The van der Waals surface area contributed by atoms with Crippen molar-refractivity contribution >= 4 is 33.3 Å². The molecule has 1 aromatic carbocycles. The van der Waals surface area contributed by atoms with Crippen LogP contribution in [0.1, 0.15) is 48.9 Å². The van der Waals surface area contributed by atoms with Crippen molar-refractivity contribution in [2.75, 3.05) is 6.54 Å². The maximum Gasteiger partial charge on any atom is 0.170 e. The Balaban J connectivity index is 1.72. The minimum absolute atomic E-state index is 0.0260. The SMILES string of the molecule is CCCCN1C(=S)NC(c2ccccn2)C1c1ccc(-c2ccc(C)cc2Br)o1. The molecule has 4 rings (SSSR count). The van der Waals surface area contributed by atoms with Gasteiger partial charge >= 0.3 is 0 Å². The number of thiocarbonyl (C=S) groups is 1. The monoisotopic (exact) mass is 469 g/mol. The first kappa shape index (κ1) is 20.1. The van der Waals surface area contributed by atoms with E-state index in [-0.39, 0.29) is 12.1 Å². The number of pyridine rings is 1. The Labute approximate surface area is 185 Å². The number of hydrogen-bond acceptors (Lipinski definition) is 3. The maximum absolute atomic E-state index is 6.39. The summed E-state index contributed by atoms with van der Waals surface area (Å²) in [6.07, 6.45) is 4.01. The Morgan fingerprint density at radius 3 is 2.79 bits per heavy atom. The molecule has 4 nitrogen and oxygen atoms in total. The molecule has 1 saturated heterocycles. The smallest absolute Gasteiger partial charge is 0.170 e. The molecule has 3 heterocycles. The summed E-state index contributed by atoms with van der Waals surface area (Å²) >= 11 is 9.35. The molecule has 6 heteroatoms. The van der Waals surface area contributed by atoms with Crippen molar-refractivity contribution in [3.8, 4) is 11.3 Å². The topological polar surface area (TPSA) is 41.3 Å². The van der Waals surface area contributed by atoms with E-state index in [4.69, 9.17) is 16.6 Å². The Morgan fingerprint density at radius 2 is 2.07 bits per heavy atom. The van der Waals surface area contributed by atoms with Gasteiger partial charge in [-0.1, -0.05) is 41.4 Å². The summed E-state index contributed by atoms with van der Waals surface area (Å²) in [5.74, 6) is 1.74. The molecule has 29 heavy (non-hydrogen) atoms. The van der Waals surface area contributed by atoms with Crippen LogP contribution in [0.15, 0.2) is 63.6 Å². The number of nitrogens with zero attached hydrogens (tertiary/aromatic N) is 2. The van der Waals surface area contributed by atoms with Crippen molar-refractivity contribution in [1.82, 2.24) is 15.2 Å². The minimum Gasteiger partial charge on any atom is -0.459 e. The number of aryl methyl sites for hydroxylation is 1. The van der Waals surface area contributed by atoms with Gasteiger partial charge in [-0.3, -0.25) is 4.98 Å². The minimum atomic E-state index is -0.0407. The molecule has 150 valence electrons. The highest BCUT2D eigenvalue weighted by Crippen LogP contribution is 2.41. The molecule has 0 radical (unpaired) electrons. The number of benzene rings is 1. The summed E-state index contributed by atoms with van der Waals surface area (Å²) in [4.78, 5) is 6.82. The van der Waals surface area contributed by atoms with Crippen molar-refractivity contribution in [2.45, 2.75) is 38.8 Å². The van der Waals surface area contributed by atoms with Crippen LogP contribution in [0, 0.1) is 6.92 Å². The molecule has 0 spiro atoms. The lowest BCUT2D eigenvalue weighted by Crippen LogP contribution is -2.30. The number of aromatic nitrogens is 1. The average molecular weight is 470 g/mol. The second-order valence-corrected chi connectivity index (χ2v) is 8.60.